The number of carbonyl (C=O) groups is 3. The number of carboxylic acid groups (broad SMARTS) is 2. The van der Waals surface area contributed by atoms with E-state index in [0.29, 0.717) is 5.56 Å². The lowest BCUT2D eigenvalue weighted by Gasteiger charge is -2.30. The Morgan fingerprint density at radius 3 is 2.25 bits per heavy atom. The smallest absolute Gasteiger partial charge is 0.266 e. The fraction of sp³-hybridized carbons (Fsp3) is 0.250. The Bertz CT molecular complexity index is 739. The van der Waals surface area contributed by atoms with Crippen molar-refractivity contribution in [2.45, 2.75) is 19.9 Å². The van der Waals surface area contributed by atoms with E-state index >= 15 is 0 Å². The van der Waals surface area contributed by atoms with Crippen LogP contribution in [0, 0.1) is 5.92 Å². The molecule has 1 aliphatic heterocycles. The van der Waals surface area contributed by atoms with Crippen molar-refractivity contribution in [3.63, 3.8) is 0 Å². The number of benzene rings is 1. The number of thioether (sulfide) groups is 1. The van der Waals surface area contributed by atoms with Crippen LogP contribution < -0.4 is 10.2 Å². The van der Waals surface area contributed by atoms with Crippen molar-refractivity contribution >= 4 is 52.2 Å². The molecule has 0 spiro atoms. The number of rotatable bonds is 5. The summed E-state index contributed by atoms with van der Waals surface area (Å²) in [7, 11) is 0. The molecule has 0 aromatic heterocycles. The molecule has 1 aromatic carbocycles. The second-order valence-electron chi connectivity index (χ2n) is 5.47. The molecular formula is C16H13NO5S2-2. The van der Waals surface area contributed by atoms with Gasteiger partial charge >= 0.3 is 0 Å². The highest BCUT2D eigenvalue weighted by molar-refractivity contribution is 8.26. The van der Waals surface area contributed by atoms with Crippen LogP contribution in [0.1, 0.15) is 29.8 Å². The molecule has 0 unspecified atom stereocenters. The number of thiocarbonyl (C=S) groups is 1. The van der Waals surface area contributed by atoms with Gasteiger partial charge in [-0.3, -0.25) is 9.69 Å². The quantitative estimate of drug-likeness (QED) is 0.537. The highest BCUT2D eigenvalue weighted by atomic mass is 32.2. The van der Waals surface area contributed by atoms with Crippen LogP contribution >= 0.6 is 24.0 Å². The first-order valence-corrected chi connectivity index (χ1v) is 8.24. The molecule has 0 N–H and O–H groups in total. The number of aliphatic carboxylic acids is 1. The van der Waals surface area contributed by atoms with Crippen LogP contribution in [0.3, 0.4) is 0 Å². The number of carbonyl (C=O) groups excluding carboxylic acids is 3. The predicted molar refractivity (Wildman–Crippen MR) is 89.4 cm³/mol. The summed E-state index contributed by atoms with van der Waals surface area (Å²) in [5.74, 6) is -3.52. The minimum Gasteiger partial charge on any atom is -0.548 e. The van der Waals surface area contributed by atoms with Gasteiger partial charge in [-0.15, -0.1) is 0 Å². The third-order valence-electron chi connectivity index (χ3n) is 3.42. The molecule has 0 bridgehead atoms. The van der Waals surface area contributed by atoms with Gasteiger partial charge in [0.15, 0.2) is 0 Å². The Kier molecular flexibility index (Phi) is 5.40. The van der Waals surface area contributed by atoms with Crippen LogP contribution in [0.2, 0.25) is 0 Å². The van der Waals surface area contributed by atoms with Gasteiger partial charge in [-0.1, -0.05) is 62.1 Å². The van der Waals surface area contributed by atoms with E-state index in [-0.39, 0.29) is 20.7 Å². The Hall–Kier alpha value is -2.19. The molecular weight excluding hydrogens is 350 g/mol. The van der Waals surface area contributed by atoms with Gasteiger partial charge in [-0.2, -0.15) is 0 Å². The van der Waals surface area contributed by atoms with E-state index in [0.717, 1.165) is 16.7 Å². The monoisotopic (exact) mass is 363 g/mol. The van der Waals surface area contributed by atoms with E-state index in [2.05, 4.69) is 0 Å². The number of amides is 1. The van der Waals surface area contributed by atoms with Crippen LogP contribution in [0.4, 0.5) is 0 Å². The minimum absolute atomic E-state index is 0.0246. The normalized spacial score (nSPS) is 17.6. The maximum Gasteiger partial charge on any atom is 0.266 e. The van der Waals surface area contributed by atoms with Crippen molar-refractivity contribution in [3.8, 4) is 0 Å². The van der Waals surface area contributed by atoms with E-state index < -0.39 is 23.9 Å². The van der Waals surface area contributed by atoms with Gasteiger partial charge in [-0.05, 0) is 23.1 Å². The van der Waals surface area contributed by atoms with E-state index in [1.54, 1.807) is 13.8 Å². The lowest BCUT2D eigenvalue weighted by molar-refractivity contribution is -0.311. The summed E-state index contributed by atoms with van der Waals surface area (Å²) in [6, 6.07) is 4.64. The second kappa shape index (κ2) is 7.14. The van der Waals surface area contributed by atoms with E-state index in [1.807, 2.05) is 0 Å². The van der Waals surface area contributed by atoms with Gasteiger partial charge in [0.2, 0.25) is 0 Å². The summed E-state index contributed by atoms with van der Waals surface area (Å²) in [6.07, 6.45) is 1.53. The Labute approximate surface area is 148 Å². The molecule has 6 nitrogen and oxygen atoms in total. The van der Waals surface area contributed by atoms with Gasteiger partial charge in [0.1, 0.15) is 4.32 Å². The molecule has 0 radical (unpaired) electrons. The number of carboxylic acids is 2. The van der Waals surface area contributed by atoms with Crippen molar-refractivity contribution in [2.75, 3.05) is 0 Å². The number of aromatic carboxylic acids is 1. The summed E-state index contributed by atoms with van der Waals surface area (Å²) in [4.78, 5) is 35.9. The first-order chi connectivity index (χ1) is 11.2. The fourth-order valence-corrected chi connectivity index (χ4v) is 3.59. The molecule has 2 rings (SSSR count). The second-order valence-corrected chi connectivity index (χ2v) is 7.14. The van der Waals surface area contributed by atoms with Crippen LogP contribution in [0.25, 0.3) is 6.08 Å². The third kappa shape index (κ3) is 3.65. The van der Waals surface area contributed by atoms with Crippen molar-refractivity contribution < 1.29 is 24.6 Å². The molecule has 0 aliphatic carbocycles. The molecule has 1 heterocycles. The topological polar surface area (TPSA) is 101 Å². The molecule has 1 aromatic rings. The van der Waals surface area contributed by atoms with Gasteiger partial charge in [0.05, 0.1) is 22.9 Å². The minimum atomic E-state index is -1.36. The third-order valence-corrected chi connectivity index (χ3v) is 4.75. The molecule has 24 heavy (non-hydrogen) atoms. The molecule has 126 valence electrons. The average molecular weight is 363 g/mol. The highest BCUT2D eigenvalue weighted by Gasteiger charge is 2.38. The Balaban J connectivity index is 2.30. The van der Waals surface area contributed by atoms with Crippen LogP contribution in [-0.4, -0.2) is 33.1 Å². The fourth-order valence-electron chi connectivity index (χ4n) is 2.26. The number of nitrogens with zero attached hydrogens (tertiary/aromatic N) is 1. The summed E-state index contributed by atoms with van der Waals surface area (Å²) in [5, 5.41) is 22.1. The Morgan fingerprint density at radius 2 is 1.79 bits per heavy atom. The van der Waals surface area contributed by atoms with Gasteiger partial charge in [0, 0.05) is 0 Å². The SMILES string of the molecule is CC(C)[C@H](C(=O)[O-])N1C(=O)/C(=C\c2ccc(C(=O)[O-])cc2)SC1=S. The zero-order valence-electron chi connectivity index (χ0n) is 12.8. The van der Waals surface area contributed by atoms with Crippen molar-refractivity contribution in [2.24, 2.45) is 5.92 Å². The first kappa shape index (κ1) is 18.2. The van der Waals surface area contributed by atoms with Gasteiger partial charge < -0.3 is 19.8 Å². The zero-order valence-corrected chi connectivity index (χ0v) is 14.5. The molecule has 1 amide bonds. The van der Waals surface area contributed by atoms with Crippen LogP contribution in [0.15, 0.2) is 29.2 Å². The van der Waals surface area contributed by atoms with Crippen LogP contribution in [0.5, 0.6) is 0 Å². The van der Waals surface area contributed by atoms with Crippen LogP contribution in [-0.2, 0) is 9.59 Å². The number of hydrogen-bond donors (Lipinski definition) is 0. The maximum absolute atomic E-state index is 12.5. The average Bonchev–Trinajstić information content (AvgIpc) is 2.75. The summed E-state index contributed by atoms with van der Waals surface area (Å²) >= 11 is 6.13. The standard InChI is InChI=1S/C16H15NO5S2/c1-8(2)12(15(21)22)17-13(18)11(24-16(17)23)7-9-3-5-10(6-4-9)14(19)20/h3-8,12H,1-2H3,(H,19,20)(H,21,22)/p-2/b11-7+/t12-/m1/s1. The van der Waals surface area contributed by atoms with Crippen molar-refractivity contribution in [3.05, 3.63) is 40.3 Å². The molecule has 1 saturated heterocycles. The molecule has 8 heteroatoms. The van der Waals surface area contributed by atoms with Gasteiger partial charge in [-0.25, -0.2) is 0 Å². The summed E-state index contributed by atoms with van der Waals surface area (Å²) < 4.78 is 0.153. The highest BCUT2D eigenvalue weighted by Crippen LogP contribution is 2.35. The molecule has 0 saturated carbocycles. The van der Waals surface area contributed by atoms with E-state index in [1.165, 1.54) is 30.3 Å². The molecule has 1 fully saturated rings. The lowest BCUT2D eigenvalue weighted by atomic mass is 10.0. The lowest BCUT2D eigenvalue weighted by Crippen LogP contribution is -2.52. The first-order valence-electron chi connectivity index (χ1n) is 7.01. The van der Waals surface area contributed by atoms with Gasteiger partial charge in [0.25, 0.3) is 5.91 Å². The summed E-state index contributed by atoms with van der Waals surface area (Å²) in [5.41, 5.74) is 0.617. The largest absolute Gasteiger partial charge is 0.548 e. The molecule has 1 aliphatic rings. The summed E-state index contributed by atoms with van der Waals surface area (Å²) in [6.45, 7) is 3.34. The molecule has 1 atom stereocenters. The number of hydrogen-bond acceptors (Lipinski definition) is 7. The maximum atomic E-state index is 12.5. The van der Waals surface area contributed by atoms with E-state index in [9.17, 15) is 24.6 Å². The predicted octanol–water partition coefficient (Wildman–Crippen LogP) is 0.0258. The van der Waals surface area contributed by atoms with Crippen molar-refractivity contribution in [1.82, 2.24) is 4.90 Å². The van der Waals surface area contributed by atoms with E-state index in [4.69, 9.17) is 12.2 Å². The van der Waals surface area contributed by atoms with Crippen molar-refractivity contribution in [1.29, 1.82) is 0 Å². The zero-order chi connectivity index (χ0) is 18.0. The Morgan fingerprint density at radius 1 is 1.21 bits per heavy atom.